The molecule has 0 bridgehead atoms. The lowest BCUT2D eigenvalue weighted by Crippen LogP contribution is -2.26. The summed E-state index contributed by atoms with van der Waals surface area (Å²) in [6.07, 6.45) is 0.786. The number of hydrogen-bond donors (Lipinski definition) is 1. The van der Waals surface area contributed by atoms with Crippen molar-refractivity contribution in [2.24, 2.45) is 0 Å². The van der Waals surface area contributed by atoms with E-state index in [0.717, 1.165) is 6.42 Å². The number of carbonyl (C=O) groups is 1. The molecule has 0 aromatic heterocycles. The molecule has 0 heterocycles. The third-order valence-corrected chi connectivity index (χ3v) is 2.77. The van der Waals surface area contributed by atoms with E-state index in [1.54, 1.807) is 6.07 Å². The SMILES string of the molecule is CC(Br)CCNC(=O)c1cccc(Cl)c1F. The zero-order valence-corrected chi connectivity index (χ0v) is 11.1. The molecule has 1 amide bonds. The van der Waals surface area contributed by atoms with Crippen LogP contribution in [0.1, 0.15) is 23.7 Å². The highest BCUT2D eigenvalue weighted by Gasteiger charge is 2.13. The van der Waals surface area contributed by atoms with E-state index in [2.05, 4.69) is 21.2 Å². The second-order valence-electron chi connectivity index (χ2n) is 3.43. The lowest BCUT2D eigenvalue weighted by molar-refractivity contribution is 0.0949. The standard InChI is InChI=1S/C11H12BrClFNO/c1-7(12)5-6-15-11(16)8-3-2-4-9(13)10(8)14/h2-4,7H,5-6H2,1H3,(H,15,16). The fourth-order valence-corrected chi connectivity index (χ4v) is 1.56. The molecule has 88 valence electrons. The topological polar surface area (TPSA) is 29.1 Å². The number of alkyl halides is 1. The van der Waals surface area contributed by atoms with Gasteiger partial charge < -0.3 is 5.32 Å². The van der Waals surface area contributed by atoms with Crippen LogP contribution in [0, 0.1) is 5.82 Å². The number of amides is 1. The Bertz CT molecular complexity index is 384. The van der Waals surface area contributed by atoms with Crippen LogP contribution in [0.15, 0.2) is 18.2 Å². The molecule has 1 unspecified atom stereocenters. The van der Waals surface area contributed by atoms with E-state index >= 15 is 0 Å². The highest BCUT2D eigenvalue weighted by molar-refractivity contribution is 9.09. The second kappa shape index (κ2) is 6.21. The van der Waals surface area contributed by atoms with Crippen LogP contribution in [0.25, 0.3) is 0 Å². The number of benzene rings is 1. The van der Waals surface area contributed by atoms with Gasteiger partial charge in [-0.15, -0.1) is 0 Å². The number of rotatable bonds is 4. The molecule has 0 aliphatic rings. The molecule has 0 fully saturated rings. The van der Waals surface area contributed by atoms with E-state index in [1.807, 2.05) is 6.92 Å². The zero-order valence-electron chi connectivity index (χ0n) is 8.77. The first-order valence-corrected chi connectivity index (χ1v) is 6.18. The molecule has 1 N–H and O–H groups in total. The van der Waals surface area contributed by atoms with Crippen LogP contribution in [-0.4, -0.2) is 17.3 Å². The van der Waals surface area contributed by atoms with Gasteiger partial charge >= 0.3 is 0 Å². The highest BCUT2D eigenvalue weighted by atomic mass is 79.9. The summed E-state index contributed by atoms with van der Waals surface area (Å²) in [5, 5.41) is 2.59. The fourth-order valence-electron chi connectivity index (χ4n) is 1.16. The molecule has 1 atom stereocenters. The van der Waals surface area contributed by atoms with Gasteiger partial charge in [-0.25, -0.2) is 4.39 Å². The first-order valence-electron chi connectivity index (χ1n) is 4.88. The molecular weight excluding hydrogens is 296 g/mol. The molecule has 5 heteroatoms. The second-order valence-corrected chi connectivity index (χ2v) is 5.40. The van der Waals surface area contributed by atoms with Gasteiger partial charge in [0.25, 0.3) is 5.91 Å². The first kappa shape index (κ1) is 13.5. The number of nitrogens with one attached hydrogen (secondary N) is 1. The quantitative estimate of drug-likeness (QED) is 0.849. The predicted octanol–water partition coefficient (Wildman–Crippen LogP) is 3.38. The maximum Gasteiger partial charge on any atom is 0.254 e. The zero-order chi connectivity index (χ0) is 12.1. The summed E-state index contributed by atoms with van der Waals surface area (Å²) in [6.45, 7) is 2.48. The largest absolute Gasteiger partial charge is 0.352 e. The van der Waals surface area contributed by atoms with Gasteiger partial charge in [0.2, 0.25) is 0 Å². The van der Waals surface area contributed by atoms with E-state index in [1.165, 1.54) is 12.1 Å². The van der Waals surface area contributed by atoms with Crippen molar-refractivity contribution in [2.75, 3.05) is 6.54 Å². The number of hydrogen-bond acceptors (Lipinski definition) is 1. The summed E-state index contributed by atoms with van der Waals surface area (Å²) in [5.74, 6) is -1.11. The van der Waals surface area contributed by atoms with Crippen LogP contribution >= 0.6 is 27.5 Å². The molecule has 16 heavy (non-hydrogen) atoms. The molecule has 0 saturated heterocycles. The molecular formula is C11H12BrClFNO. The van der Waals surface area contributed by atoms with Gasteiger partial charge in [-0.3, -0.25) is 4.79 Å². The maximum absolute atomic E-state index is 13.4. The third-order valence-electron chi connectivity index (χ3n) is 2.02. The van der Waals surface area contributed by atoms with Crippen LogP contribution in [0.2, 0.25) is 5.02 Å². The Labute approximate surface area is 107 Å². The Morgan fingerprint density at radius 2 is 2.31 bits per heavy atom. The van der Waals surface area contributed by atoms with Crippen LogP contribution in [0.5, 0.6) is 0 Å². The van der Waals surface area contributed by atoms with Gasteiger partial charge in [-0.1, -0.05) is 40.5 Å². The molecule has 1 aromatic rings. The van der Waals surface area contributed by atoms with Crippen molar-refractivity contribution >= 4 is 33.4 Å². The monoisotopic (exact) mass is 307 g/mol. The van der Waals surface area contributed by atoms with Gasteiger partial charge in [0, 0.05) is 11.4 Å². The predicted molar refractivity (Wildman–Crippen MR) is 66.7 cm³/mol. The third kappa shape index (κ3) is 3.76. The molecule has 1 aromatic carbocycles. The summed E-state index contributed by atoms with van der Waals surface area (Å²) in [7, 11) is 0. The summed E-state index contributed by atoms with van der Waals surface area (Å²) < 4.78 is 13.4. The smallest absolute Gasteiger partial charge is 0.254 e. The number of halogens is 3. The highest BCUT2D eigenvalue weighted by Crippen LogP contribution is 2.17. The molecule has 0 radical (unpaired) electrons. The Hall–Kier alpha value is -0.610. The number of carbonyl (C=O) groups excluding carboxylic acids is 1. The van der Waals surface area contributed by atoms with Crippen LogP contribution in [-0.2, 0) is 0 Å². The minimum absolute atomic E-state index is 0.0188. The maximum atomic E-state index is 13.4. The van der Waals surface area contributed by atoms with E-state index in [0.29, 0.717) is 11.4 Å². The Morgan fingerprint density at radius 3 is 2.94 bits per heavy atom. The van der Waals surface area contributed by atoms with Crippen molar-refractivity contribution in [1.29, 1.82) is 0 Å². The minimum atomic E-state index is -0.673. The molecule has 0 spiro atoms. The summed E-state index contributed by atoms with van der Waals surface area (Å²) in [6, 6.07) is 4.37. The van der Waals surface area contributed by atoms with Crippen LogP contribution < -0.4 is 5.32 Å². The van der Waals surface area contributed by atoms with Gasteiger partial charge in [0.1, 0.15) is 0 Å². The molecule has 1 rings (SSSR count). The van der Waals surface area contributed by atoms with Crippen molar-refractivity contribution in [3.63, 3.8) is 0 Å². The fraction of sp³-hybridized carbons (Fsp3) is 0.364. The van der Waals surface area contributed by atoms with Crippen molar-refractivity contribution < 1.29 is 9.18 Å². The van der Waals surface area contributed by atoms with Crippen LogP contribution in [0.4, 0.5) is 4.39 Å². The van der Waals surface area contributed by atoms with Crippen LogP contribution in [0.3, 0.4) is 0 Å². The van der Waals surface area contributed by atoms with Crippen molar-refractivity contribution in [3.8, 4) is 0 Å². The summed E-state index contributed by atoms with van der Waals surface area (Å²) >= 11 is 8.94. The molecule has 2 nitrogen and oxygen atoms in total. The lowest BCUT2D eigenvalue weighted by Gasteiger charge is -2.07. The van der Waals surface area contributed by atoms with Crippen molar-refractivity contribution in [3.05, 3.63) is 34.6 Å². The van der Waals surface area contributed by atoms with Gasteiger partial charge in [0.05, 0.1) is 10.6 Å². The molecule has 0 saturated carbocycles. The minimum Gasteiger partial charge on any atom is -0.352 e. The van der Waals surface area contributed by atoms with E-state index in [4.69, 9.17) is 11.6 Å². The average Bonchev–Trinajstić information content (AvgIpc) is 2.21. The molecule has 0 aliphatic carbocycles. The lowest BCUT2D eigenvalue weighted by atomic mass is 10.2. The average molecular weight is 309 g/mol. The van der Waals surface area contributed by atoms with E-state index in [-0.39, 0.29) is 10.6 Å². The van der Waals surface area contributed by atoms with Crippen molar-refractivity contribution in [1.82, 2.24) is 5.32 Å². The molecule has 0 aliphatic heterocycles. The van der Waals surface area contributed by atoms with Gasteiger partial charge in [-0.2, -0.15) is 0 Å². The Balaban J connectivity index is 2.63. The summed E-state index contributed by atoms with van der Waals surface area (Å²) in [4.78, 5) is 11.9. The normalized spacial score (nSPS) is 12.2. The summed E-state index contributed by atoms with van der Waals surface area (Å²) in [5.41, 5.74) is -0.0188. The Morgan fingerprint density at radius 1 is 1.62 bits per heavy atom. The van der Waals surface area contributed by atoms with Gasteiger partial charge in [-0.05, 0) is 18.6 Å². The Kier molecular flexibility index (Phi) is 5.22. The van der Waals surface area contributed by atoms with E-state index in [9.17, 15) is 9.18 Å². The van der Waals surface area contributed by atoms with Crippen molar-refractivity contribution in [2.45, 2.75) is 18.2 Å². The van der Waals surface area contributed by atoms with Gasteiger partial charge in [0.15, 0.2) is 5.82 Å². The van der Waals surface area contributed by atoms with E-state index < -0.39 is 11.7 Å². The first-order chi connectivity index (χ1) is 7.52.